The molecular weight excluding hydrogens is 258 g/mol. The second-order valence-electron chi connectivity index (χ2n) is 5.58. The zero-order valence-electron chi connectivity index (χ0n) is 11.3. The third-order valence-electron chi connectivity index (χ3n) is 4.50. The van der Waals surface area contributed by atoms with E-state index in [1.165, 1.54) is 19.3 Å². The average molecular weight is 279 g/mol. The van der Waals surface area contributed by atoms with Gasteiger partial charge in [-0.2, -0.15) is 0 Å². The number of rotatable bonds is 4. The lowest BCUT2D eigenvalue weighted by molar-refractivity contribution is -0.124. The first kappa shape index (κ1) is 13.1. The second kappa shape index (κ2) is 5.59. The van der Waals surface area contributed by atoms with Gasteiger partial charge in [0, 0.05) is 11.6 Å². The number of carbonyl (C=O) groups is 1. The third-order valence-corrected chi connectivity index (χ3v) is 5.39. The summed E-state index contributed by atoms with van der Waals surface area (Å²) in [5.74, 6) is 1.43. The molecule has 0 aromatic carbocycles. The van der Waals surface area contributed by atoms with Crippen molar-refractivity contribution in [1.29, 1.82) is 0 Å². The van der Waals surface area contributed by atoms with Gasteiger partial charge in [-0.1, -0.05) is 13.3 Å². The highest BCUT2D eigenvalue weighted by Gasteiger charge is 2.42. The van der Waals surface area contributed by atoms with Gasteiger partial charge in [-0.3, -0.25) is 4.79 Å². The Morgan fingerprint density at radius 1 is 1.63 bits per heavy atom. The number of nitrogens with zero attached hydrogens (tertiary/aromatic N) is 1. The molecule has 3 rings (SSSR count). The van der Waals surface area contributed by atoms with E-state index in [2.05, 4.69) is 22.5 Å². The molecule has 4 atom stereocenters. The summed E-state index contributed by atoms with van der Waals surface area (Å²) in [6, 6.07) is 0.0799. The van der Waals surface area contributed by atoms with Crippen LogP contribution in [0, 0.1) is 11.8 Å². The Hall–Kier alpha value is -0.940. The van der Waals surface area contributed by atoms with Gasteiger partial charge in [-0.15, -0.1) is 11.3 Å². The van der Waals surface area contributed by atoms with E-state index in [4.69, 9.17) is 0 Å². The van der Waals surface area contributed by atoms with Crippen LogP contribution in [-0.4, -0.2) is 23.5 Å². The van der Waals surface area contributed by atoms with E-state index in [0.29, 0.717) is 5.92 Å². The molecule has 1 saturated carbocycles. The lowest BCUT2D eigenvalue weighted by Crippen LogP contribution is -2.45. The average Bonchev–Trinajstić information content (AvgIpc) is 3.10. The van der Waals surface area contributed by atoms with Gasteiger partial charge in [0.25, 0.3) is 0 Å². The Bertz CT molecular complexity index is 434. The molecule has 4 nitrogen and oxygen atoms in total. The van der Waals surface area contributed by atoms with Crippen molar-refractivity contribution in [2.75, 3.05) is 6.54 Å². The second-order valence-corrected chi connectivity index (χ2v) is 6.51. The molecule has 1 aliphatic carbocycles. The Morgan fingerprint density at radius 2 is 2.53 bits per heavy atom. The van der Waals surface area contributed by atoms with Gasteiger partial charge < -0.3 is 10.6 Å². The maximum atomic E-state index is 12.5. The summed E-state index contributed by atoms with van der Waals surface area (Å²) in [4.78, 5) is 16.8. The predicted molar refractivity (Wildman–Crippen MR) is 75.9 cm³/mol. The van der Waals surface area contributed by atoms with Crippen LogP contribution in [0.25, 0.3) is 0 Å². The number of amides is 1. The van der Waals surface area contributed by atoms with Gasteiger partial charge in [0.2, 0.25) is 5.91 Å². The zero-order valence-corrected chi connectivity index (χ0v) is 12.1. The molecular formula is C14H21N3OS. The van der Waals surface area contributed by atoms with Crippen molar-refractivity contribution in [3.05, 3.63) is 16.6 Å². The Balaban J connectivity index is 1.64. The van der Waals surface area contributed by atoms with Gasteiger partial charge in [-0.25, -0.2) is 4.98 Å². The lowest BCUT2D eigenvalue weighted by Gasteiger charge is -2.21. The van der Waals surface area contributed by atoms with Crippen molar-refractivity contribution in [3.63, 3.8) is 0 Å². The molecule has 1 saturated heterocycles. The first-order chi connectivity index (χ1) is 9.29. The van der Waals surface area contributed by atoms with E-state index in [1.54, 1.807) is 17.5 Å². The highest BCUT2D eigenvalue weighted by Crippen LogP contribution is 2.37. The zero-order chi connectivity index (χ0) is 13.2. The topological polar surface area (TPSA) is 54.0 Å². The quantitative estimate of drug-likeness (QED) is 0.887. The molecule has 2 N–H and O–H groups in total. The predicted octanol–water partition coefficient (Wildman–Crippen LogP) is 2.10. The van der Waals surface area contributed by atoms with Crippen molar-refractivity contribution < 1.29 is 4.79 Å². The minimum Gasteiger partial charge on any atom is -0.346 e. The standard InChI is InChI=1S/C14H21N3OS/c1-2-11(14-15-6-7-19-14)17-13(18)12-10-5-3-4-9(10)8-16-12/h6-7,9-12,16H,2-5,8H2,1H3,(H,17,18). The summed E-state index contributed by atoms with van der Waals surface area (Å²) >= 11 is 1.61. The Kier molecular flexibility index (Phi) is 3.84. The molecule has 104 valence electrons. The van der Waals surface area contributed by atoms with Crippen LogP contribution in [-0.2, 0) is 4.79 Å². The molecule has 4 unspecified atom stereocenters. The monoisotopic (exact) mass is 279 g/mol. The first-order valence-corrected chi connectivity index (χ1v) is 8.10. The third kappa shape index (κ3) is 2.54. The fourth-order valence-corrected chi connectivity index (χ4v) is 4.25. The van der Waals surface area contributed by atoms with Crippen LogP contribution in [0.3, 0.4) is 0 Å². The molecule has 2 fully saturated rings. The molecule has 1 aromatic rings. The first-order valence-electron chi connectivity index (χ1n) is 7.22. The fourth-order valence-electron chi connectivity index (χ4n) is 3.48. The summed E-state index contributed by atoms with van der Waals surface area (Å²) in [5.41, 5.74) is 0. The fraction of sp³-hybridized carbons (Fsp3) is 0.714. The Labute approximate surface area is 118 Å². The molecule has 0 bridgehead atoms. The molecule has 2 heterocycles. The van der Waals surface area contributed by atoms with Crippen LogP contribution < -0.4 is 10.6 Å². The van der Waals surface area contributed by atoms with Gasteiger partial charge in [0.1, 0.15) is 5.01 Å². The van der Waals surface area contributed by atoms with E-state index < -0.39 is 0 Å². The summed E-state index contributed by atoms with van der Waals surface area (Å²) < 4.78 is 0. The number of thiazole rings is 1. The van der Waals surface area contributed by atoms with Gasteiger partial charge in [0.05, 0.1) is 12.1 Å². The number of hydrogen-bond donors (Lipinski definition) is 2. The molecule has 2 aliphatic rings. The van der Waals surface area contributed by atoms with Crippen LogP contribution in [0.4, 0.5) is 0 Å². The van der Waals surface area contributed by atoms with E-state index >= 15 is 0 Å². The number of fused-ring (bicyclic) bond motifs is 1. The highest BCUT2D eigenvalue weighted by atomic mass is 32.1. The Morgan fingerprint density at radius 3 is 3.26 bits per heavy atom. The van der Waals surface area contributed by atoms with E-state index in [1.807, 2.05) is 5.38 Å². The summed E-state index contributed by atoms with van der Waals surface area (Å²) in [7, 11) is 0. The van der Waals surface area contributed by atoms with E-state index in [0.717, 1.165) is 23.9 Å². The number of aromatic nitrogens is 1. The maximum Gasteiger partial charge on any atom is 0.237 e. The summed E-state index contributed by atoms with van der Waals surface area (Å²) in [6.07, 6.45) is 6.45. The minimum absolute atomic E-state index is 0.0153. The van der Waals surface area contributed by atoms with Crippen LogP contribution in [0.2, 0.25) is 0 Å². The van der Waals surface area contributed by atoms with Crippen molar-refractivity contribution >= 4 is 17.2 Å². The summed E-state index contributed by atoms with van der Waals surface area (Å²) in [6.45, 7) is 3.10. The molecule has 0 spiro atoms. The van der Waals surface area contributed by atoms with Gasteiger partial charge in [-0.05, 0) is 37.6 Å². The smallest absolute Gasteiger partial charge is 0.237 e. The van der Waals surface area contributed by atoms with E-state index in [9.17, 15) is 4.79 Å². The van der Waals surface area contributed by atoms with Crippen molar-refractivity contribution in [2.24, 2.45) is 11.8 Å². The van der Waals surface area contributed by atoms with Crippen molar-refractivity contribution in [2.45, 2.75) is 44.7 Å². The van der Waals surface area contributed by atoms with Crippen molar-refractivity contribution in [1.82, 2.24) is 15.6 Å². The molecule has 1 aliphatic heterocycles. The maximum absolute atomic E-state index is 12.5. The number of nitrogens with one attached hydrogen (secondary N) is 2. The van der Waals surface area contributed by atoms with Crippen LogP contribution >= 0.6 is 11.3 Å². The highest BCUT2D eigenvalue weighted by molar-refractivity contribution is 7.09. The normalized spacial score (nSPS) is 31.1. The largest absolute Gasteiger partial charge is 0.346 e. The molecule has 1 aromatic heterocycles. The number of carbonyl (C=O) groups excluding carboxylic acids is 1. The molecule has 1 amide bonds. The van der Waals surface area contributed by atoms with Crippen molar-refractivity contribution in [3.8, 4) is 0 Å². The van der Waals surface area contributed by atoms with E-state index in [-0.39, 0.29) is 18.0 Å². The van der Waals surface area contributed by atoms with Gasteiger partial charge in [0.15, 0.2) is 0 Å². The minimum atomic E-state index is 0.0153. The van der Waals surface area contributed by atoms with Crippen LogP contribution in [0.1, 0.15) is 43.7 Å². The van der Waals surface area contributed by atoms with Gasteiger partial charge >= 0.3 is 0 Å². The molecule has 19 heavy (non-hydrogen) atoms. The summed E-state index contributed by atoms with van der Waals surface area (Å²) in [5, 5.41) is 9.55. The van der Waals surface area contributed by atoms with Crippen LogP contribution in [0.15, 0.2) is 11.6 Å². The number of hydrogen-bond acceptors (Lipinski definition) is 4. The molecule has 0 radical (unpaired) electrons. The molecule has 5 heteroatoms. The van der Waals surface area contributed by atoms with Crippen LogP contribution in [0.5, 0.6) is 0 Å². The lowest BCUT2D eigenvalue weighted by atomic mass is 9.93. The SMILES string of the molecule is CCC(NC(=O)C1NCC2CCCC21)c1nccs1.